The SMILES string of the molecule is Cc1cc(=O)oc2cc(OCC(=O)Nc3nnc(-c4cccs4)s3)ccc12. The van der Waals surface area contributed by atoms with Crippen molar-refractivity contribution in [3.05, 3.63) is 57.8 Å². The summed E-state index contributed by atoms with van der Waals surface area (Å²) in [7, 11) is 0. The number of aryl methyl sites for hydroxylation is 1. The number of thiophene rings is 1. The van der Waals surface area contributed by atoms with Crippen LogP contribution in [0.15, 0.2) is 51.0 Å². The molecule has 4 rings (SSSR count). The molecule has 3 aromatic heterocycles. The lowest BCUT2D eigenvalue weighted by Crippen LogP contribution is -2.20. The first-order valence-electron chi connectivity index (χ1n) is 7.93. The Morgan fingerprint density at radius 2 is 2.15 bits per heavy atom. The molecule has 27 heavy (non-hydrogen) atoms. The van der Waals surface area contributed by atoms with E-state index in [1.807, 2.05) is 24.4 Å². The van der Waals surface area contributed by atoms with Crippen molar-refractivity contribution in [2.75, 3.05) is 11.9 Å². The fourth-order valence-electron chi connectivity index (χ4n) is 2.47. The van der Waals surface area contributed by atoms with Crippen LogP contribution in [0.4, 0.5) is 5.13 Å². The smallest absolute Gasteiger partial charge is 0.336 e. The quantitative estimate of drug-likeness (QED) is 0.514. The van der Waals surface area contributed by atoms with Crippen molar-refractivity contribution in [3.8, 4) is 15.6 Å². The highest BCUT2D eigenvalue weighted by atomic mass is 32.1. The maximum atomic E-state index is 12.1. The van der Waals surface area contributed by atoms with Gasteiger partial charge in [0.1, 0.15) is 11.3 Å². The van der Waals surface area contributed by atoms with Gasteiger partial charge in [-0.2, -0.15) is 0 Å². The molecule has 1 N–H and O–H groups in total. The third-order valence-corrected chi connectivity index (χ3v) is 5.57. The van der Waals surface area contributed by atoms with Crippen molar-refractivity contribution in [1.29, 1.82) is 0 Å². The summed E-state index contributed by atoms with van der Waals surface area (Å²) in [5, 5.41) is 14.6. The Bertz CT molecular complexity index is 1170. The number of carbonyl (C=O) groups is 1. The second-order valence-corrected chi connectivity index (χ2v) is 7.56. The Morgan fingerprint density at radius 3 is 2.96 bits per heavy atom. The summed E-state index contributed by atoms with van der Waals surface area (Å²) in [6.07, 6.45) is 0. The average Bonchev–Trinajstić information content (AvgIpc) is 3.31. The molecule has 3 heterocycles. The number of fused-ring (bicyclic) bond motifs is 1. The average molecular weight is 399 g/mol. The lowest BCUT2D eigenvalue weighted by atomic mass is 10.1. The highest BCUT2D eigenvalue weighted by Crippen LogP contribution is 2.29. The van der Waals surface area contributed by atoms with E-state index in [1.165, 1.54) is 17.4 Å². The number of hydrogen-bond acceptors (Lipinski definition) is 8. The van der Waals surface area contributed by atoms with E-state index in [0.29, 0.717) is 16.5 Å². The minimum atomic E-state index is -0.423. The molecule has 0 aliphatic heterocycles. The number of nitrogens with zero attached hydrogens (tertiary/aromatic N) is 2. The molecule has 0 atom stereocenters. The Balaban J connectivity index is 1.40. The molecule has 9 heteroatoms. The number of hydrogen-bond donors (Lipinski definition) is 1. The third-order valence-electron chi connectivity index (χ3n) is 3.70. The first-order chi connectivity index (χ1) is 13.1. The summed E-state index contributed by atoms with van der Waals surface area (Å²) in [5.74, 6) is 0.0811. The van der Waals surface area contributed by atoms with E-state index in [-0.39, 0.29) is 12.5 Å². The number of nitrogens with one attached hydrogen (secondary N) is 1. The monoisotopic (exact) mass is 399 g/mol. The first-order valence-corrected chi connectivity index (χ1v) is 9.63. The zero-order valence-corrected chi connectivity index (χ0v) is 15.7. The number of amides is 1. The normalized spacial score (nSPS) is 10.9. The summed E-state index contributed by atoms with van der Waals surface area (Å²) < 4.78 is 10.7. The Kier molecular flexibility index (Phi) is 4.69. The number of aromatic nitrogens is 2. The van der Waals surface area contributed by atoms with Crippen molar-refractivity contribution in [2.45, 2.75) is 6.92 Å². The van der Waals surface area contributed by atoms with Crippen LogP contribution in [0.5, 0.6) is 5.75 Å². The van der Waals surface area contributed by atoms with Gasteiger partial charge in [0.05, 0.1) is 4.88 Å². The molecule has 0 aliphatic carbocycles. The van der Waals surface area contributed by atoms with E-state index in [0.717, 1.165) is 20.8 Å². The van der Waals surface area contributed by atoms with Crippen LogP contribution >= 0.6 is 22.7 Å². The minimum absolute atomic E-state index is 0.199. The van der Waals surface area contributed by atoms with Gasteiger partial charge >= 0.3 is 5.63 Å². The number of anilines is 1. The van der Waals surface area contributed by atoms with Gasteiger partial charge in [0.2, 0.25) is 5.13 Å². The van der Waals surface area contributed by atoms with Crippen LogP contribution in [0.1, 0.15) is 5.56 Å². The molecule has 136 valence electrons. The topological polar surface area (TPSA) is 94.3 Å². The van der Waals surface area contributed by atoms with E-state index in [2.05, 4.69) is 15.5 Å². The van der Waals surface area contributed by atoms with Crippen LogP contribution in [-0.2, 0) is 4.79 Å². The van der Waals surface area contributed by atoms with Crippen molar-refractivity contribution in [3.63, 3.8) is 0 Å². The van der Waals surface area contributed by atoms with Gasteiger partial charge in [-0.3, -0.25) is 10.1 Å². The molecule has 0 aliphatic rings. The summed E-state index contributed by atoms with van der Waals surface area (Å²) in [6.45, 7) is 1.63. The molecular weight excluding hydrogens is 386 g/mol. The second kappa shape index (κ2) is 7.29. The van der Waals surface area contributed by atoms with Crippen LogP contribution in [0.25, 0.3) is 20.9 Å². The number of carbonyl (C=O) groups excluding carboxylic acids is 1. The van der Waals surface area contributed by atoms with Gasteiger partial charge in [-0.15, -0.1) is 21.5 Å². The lowest BCUT2D eigenvalue weighted by molar-refractivity contribution is -0.118. The standard InChI is InChI=1S/C18H13N3O4S2/c1-10-7-16(23)25-13-8-11(4-5-12(10)13)24-9-15(22)19-18-21-20-17(27-18)14-3-2-6-26-14/h2-8H,9H2,1H3,(H,19,21,22). The van der Waals surface area contributed by atoms with Gasteiger partial charge in [0.15, 0.2) is 11.6 Å². The van der Waals surface area contributed by atoms with Gasteiger partial charge in [-0.25, -0.2) is 4.79 Å². The summed E-state index contributed by atoms with van der Waals surface area (Å²) in [4.78, 5) is 24.6. The van der Waals surface area contributed by atoms with E-state index in [4.69, 9.17) is 9.15 Å². The van der Waals surface area contributed by atoms with Gasteiger partial charge < -0.3 is 9.15 Å². The van der Waals surface area contributed by atoms with Crippen molar-refractivity contribution >= 4 is 44.7 Å². The maximum absolute atomic E-state index is 12.1. The van der Waals surface area contributed by atoms with Crippen LogP contribution in [0.2, 0.25) is 0 Å². The fraction of sp³-hybridized carbons (Fsp3) is 0.111. The van der Waals surface area contributed by atoms with E-state index >= 15 is 0 Å². The van der Waals surface area contributed by atoms with Crippen LogP contribution in [-0.4, -0.2) is 22.7 Å². The Labute approximate surface area is 161 Å². The zero-order chi connectivity index (χ0) is 18.8. The van der Waals surface area contributed by atoms with Crippen molar-refractivity contribution in [1.82, 2.24) is 10.2 Å². The molecule has 1 amide bonds. The Morgan fingerprint density at radius 1 is 1.26 bits per heavy atom. The predicted octanol–water partition coefficient (Wildman–Crippen LogP) is 3.70. The maximum Gasteiger partial charge on any atom is 0.336 e. The zero-order valence-electron chi connectivity index (χ0n) is 14.1. The van der Waals surface area contributed by atoms with Gasteiger partial charge in [0, 0.05) is 17.5 Å². The molecule has 0 fully saturated rings. The Hall–Kier alpha value is -3.04. The van der Waals surface area contributed by atoms with Crippen LogP contribution < -0.4 is 15.7 Å². The van der Waals surface area contributed by atoms with Crippen LogP contribution in [0, 0.1) is 6.92 Å². The van der Waals surface area contributed by atoms with Crippen molar-refractivity contribution < 1.29 is 13.9 Å². The molecule has 0 spiro atoms. The van der Waals surface area contributed by atoms with Crippen molar-refractivity contribution in [2.24, 2.45) is 0 Å². The second-order valence-electron chi connectivity index (χ2n) is 5.63. The highest BCUT2D eigenvalue weighted by Gasteiger charge is 2.11. The molecule has 0 saturated heterocycles. The van der Waals surface area contributed by atoms with E-state index in [1.54, 1.807) is 29.5 Å². The molecule has 7 nitrogen and oxygen atoms in total. The van der Waals surface area contributed by atoms with Gasteiger partial charge in [-0.1, -0.05) is 17.4 Å². The third kappa shape index (κ3) is 3.88. The van der Waals surface area contributed by atoms with E-state index < -0.39 is 5.63 Å². The fourth-order valence-corrected chi connectivity index (χ4v) is 4.02. The summed E-state index contributed by atoms with van der Waals surface area (Å²) in [5.41, 5.74) is 0.818. The molecule has 0 radical (unpaired) electrons. The largest absolute Gasteiger partial charge is 0.484 e. The number of ether oxygens (including phenoxy) is 1. The predicted molar refractivity (Wildman–Crippen MR) is 105 cm³/mol. The number of benzene rings is 1. The first kappa shape index (κ1) is 17.4. The van der Waals surface area contributed by atoms with Gasteiger partial charge in [-0.05, 0) is 36.1 Å². The lowest BCUT2D eigenvalue weighted by Gasteiger charge is -2.07. The van der Waals surface area contributed by atoms with E-state index in [9.17, 15) is 9.59 Å². The number of rotatable bonds is 5. The molecule has 0 unspecified atom stereocenters. The molecular formula is C18H13N3O4S2. The molecule has 0 bridgehead atoms. The van der Waals surface area contributed by atoms with Gasteiger partial charge in [0.25, 0.3) is 5.91 Å². The van der Waals surface area contributed by atoms with Crippen LogP contribution in [0.3, 0.4) is 0 Å². The summed E-state index contributed by atoms with van der Waals surface area (Å²) in [6, 6.07) is 10.4. The minimum Gasteiger partial charge on any atom is -0.484 e. The molecule has 0 saturated carbocycles. The summed E-state index contributed by atoms with van der Waals surface area (Å²) >= 11 is 2.85. The molecule has 1 aromatic carbocycles. The highest BCUT2D eigenvalue weighted by molar-refractivity contribution is 7.23. The molecule has 4 aromatic rings.